The van der Waals surface area contributed by atoms with Crippen molar-refractivity contribution in [3.8, 4) is 11.3 Å². The topological polar surface area (TPSA) is 107 Å². The van der Waals surface area contributed by atoms with Gasteiger partial charge in [0.05, 0.1) is 16.8 Å². The van der Waals surface area contributed by atoms with Gasteiger partial charge in [-0.2, -0.15) is 5.10 Å². The van der Waals surface area contributed by atoms with Crippen LogP contribution in [0, 0.1) is 11.6 Å². The molecule has 0 saturated heterocycles. The lowest BCUT2D eigenvalue weighted by atomic mass is 9.99. The van der Waals surface area contributed by atoms with E-state index in [2.05, 4.69) is 15.1 Å². The molecule has 0 saturated carbocycles. The molecule has 0 aliphatic heterocycles. The van der Waals surface area contributed by atoms with E-state index in [1.54, 1.807) is 36.3 Å². The van der Waals surface area contributed by atoms with Crippen LogP contribution in [0.4, 0.5) is 8.78 Å². The Morgan fingerprint density at radius 3 is 2.64 bits per heavy atom. The Bertz CT molecular complexity index is 1260. The van der Waals surface area contributed by atoms with Crippen LogP contribution in [-0.2, 0) is 7.05 Å². The van der Waals surface area contributed by atoms with Gasteiger partial charge >= 0.3 is 0 Å². The van der Waals surface area contributed by atoms with Crippen LogP contribution in [0.2, 0.25) is 0 Å². The van der Waals surface area contributed by atoms with E-state index in [1.807, 2.05) is 0 Å². The van der Waals surface area contributed by atoms with Gasteiger partial charge in [-0.25, -0.2) is 13.8 Å². The number of aromatic amines is 1. The second kappa shape index (κ2) is 6.38. The number of rotatable bonds is 4. The van der Waals surface area contributed by atoms with Gasteiger partial charge in [0.15, 0.2) is 0 Å². The summed E-state index contributed by atoms with van der Waals surface area (Å²) >= 11 is 0. The molecule has 3 N–H and O–H groups in total. The third-order valence-corrected chi connectivity index (χ3v) is 4.37. The predicted molar refractivity (Wildman–Crippen MR) is 96.6 cm³/mol. The molecule has 3 heterocycles. The summed E-state index contributed by atoms with van der Waals surface area (Å²) in [6.07, 6.45) is 4.64. The third kappa shape index (κ3) is 2.73. The molecule has 0 radical (unpaired) electrons. The van der Waals surface area contributed by atoms with Crippen molar-refractivity contribution < 1.29 is 18.4 Å². The Morgan fingerprint density at radius 2 is 1.96 bits per heavy atom. The van der Waals surface area contributed by atoms with Crippen LogP contribution in [0.5, 0.6) is 0 Å². The number of halogens is 2. The minimum Gasteiger partial charge on any atom is -0.366 e. The highest BCUT2D eigenvalue weighted by molar-refractivity contribution is 6.17. The summed E-state index contributed by atoms with van der Waals surface area (Å²) < 4.78 is 30.4. The van der Waals surface area contributed by atoms with Gasteiger partial charge in [-0.15, -0.1) is 0 Å². The lowest BCUT2D eigenvalue weighted by molar-refractivity contribution is 0.0996. The maximum atomic E-state index is 14.6. The summed E-state index contributed by atoms with van der Waals surface area (Å²) in [5.74, 6) is -4.40. The van der Waals surface area contributed by atoms with E-state index >= 15 is 0 Å². The highest BCUT2D eigenvalue weighted by atomic mass is 19.1. The number of nitrogens with two attached hydrogens (primary N) is 1. The number of hydrogen-bond donors (Lipinski definition) is 2. The molecule has 0 bridgehead atoms. The van der Waals surface area contributed by atoms with Crippen LogP contribution in [0.3, 0.4) is 0 Å². The van der Waals surface area contributed by atoms with Crippen molar-refractivity contribution in [1.82, 2.24) is 19.7 Å². The fraction of sp³-hybridized carbons (Fsp3) is 0.0526. The van der Waals surface area contributed by atoms with Crippen LogP contribution in [0.15, 0.2) is 42.9 Å². The van der Waals surface area contributed by atoms with Gasteiger partial charge in [0.2, 0.25) is 5.78 Å². The van der Waals surface area contributed by atoms with Crippen molar-refractivity contribution in [3.63, 3.8) is 0 Å². The fourth-order valence-corrected chi connectivity index (χ4v) is 2.99. The number of aryl methyl sites for hydroxylation is 1. The van der Waals surface area contributed by atoms with Crippen molar-refractivity contribution in [3.05, 3.63) is 71.2 Å². The number of nitrogens with one attached hydrogen (secondary N) is 1. The van der Waals surface area contributed by atoms with Crippen LogP contribution >= 0.6 is 0 Å². The Kier molecular flexibility index (Phi) is 3.99. The molecule has 7 nitrogen and oxygen atoms in total. The monoisotopic (exact) mass is 381 g/mol. The molecule has 0 atom stereocenters. The molecule has 0 aliphatic rings. The number of primary amides is 1. The molecular formula is C19H13F2N5O2. The van der Waals surface area contributed by atoms with Crippen molar-refractivity contribution in [2.75, 3.05) is 0 Å². The largest absolute Gasteiger partial charge is 0.366 e. The molecule has 0 unspecified atom stereocenters. The molecule has 0 aliphatic carbocycles. The summed E-state index contributed by atoms with van der Waals surface area (Å²) in [7, 11) is 1.76. The van der Waals surface area contributed by atoms with E-state index < -0.39 is 34.5 Å². The molecule has 3 aromatic heterocycles. The molecule has 0 spiro atoms. The minimum atomic E-state index is -1.29. The van der Waals surface area contributed by atoms with Gasteiger partial charge in [-0.1, -0.05) is 0 Å². The lowest BCUT2D eigenvalue weighted by Gasteiger charge is -2.07. The lowest BCUT2D eigenvalue weighted by Crippen LogP contribution is -2.17. The SMILES string of the molecule is Cn1ccc(-c2cnc3[nH]cc(C(=O)c4c(F)ccc(C(N)=O)c4F)c3c2)n1. The van der Waals surface area contributed by atoms with Crippen molar-refractivity contribution in [2.24, 2.45) is 12.8 Å². The van der Waals surface area contributed by atoms with E-state index in [4.69, 9.17) is 5.73 Å². The Balaban J connectivity index is 1.87. The van der Waals surface area contributed by atoms with E-state index in [9.17, 15) is 18.4 Å². The van der Waals surface area contributed by atoms with Gasteiger partial charge < -0.3 is 10.7 Å². The minimum absolute atomic E-state index is 0.0136. The van der Waals surface area contributed by atoms with Gasteiger partial charge in [-0.3, -0.25) is 14.3 Å². The zero-order valence-electron chi connectivity index (χ0n) is 14.5. The van der Waals surface area contributed by atoms with Gasteiger partial charge in [0, 0.05) is 42.2 Å². The molecule has 1 aromatic carbocycles. The molecule has 4 rings (SSSR count). The van der Waals surface area contributed by atoms with E-state index in [0.29, 0.717) is 22.3 Å². The third-order valence-electron chi connectivity index (χ3n) is 4.37. The summed E-state index contributed by atoms with van der Waals surface area (Å²) in [6, 6.07) is 5.16. The molecule has 9 heteroatoms. The average Bonchev–Trinajstić information content (AvgIpc) is 3.26. The summed E-state index contributed by atoms with van der Waals surface area (Å²) in [6.45, 7) is 0. The number of aromatic nitrogens is 4. The molecule has 0 fully saturated rings. The standard InChI is InChI=1S/C19H13F2N5O2/c1-26-5-4-14(25-26)9-6-11-12(8-24-19(11)23-7-9)17(27)15-13(20)3-2-10(16(15)21)18(22)28/h2-8H,1H3,(H2,22,28)(H,23,24). The number of benzene rings is 1. The van der Waals surface area contributed by atoms with Crippen LogP contribution in [0.25, 0.3) is 22.3 Å². The van der Waals surface area contributed by atoms with Gasteiger partial charge in [0.25, 0.3) is 5.91 Å². The average molecular weight is 381 g/mol. The van der Waals surface area contributed by atoms with E-state index in [0.717, 1.165) is 12.1 Å². The van der Waals surface area contributed by atoms with Crippen molar-refractivity contribution in [1.29, 1.82) is 0 Å². The smallest absolute Gasteiger partial charge is 0.251 e. The second-order valence-corrected chi connectivity index (χ2v) is 6.17. The number of pyridine rings is 1. The van der Waals surface area contributed by atoms with Crippen molar-refractivity contribution >= 4 is 22.7 Å². The van der Waals surface area contributed by atoms with E-state index in [1.165, 1.54) is 6.20 Å². The number of amides is 1. The first-order valence-electron chi connectivity index (χ1n) is 8.16. The number of carbonyl (C=O) groups excluding carboxylic acids is 2. The fourth-order valence-electron chi connectivity index (χ4n) is 2.99. The quantitative estimate of drug-likeness (QED) is 0.530. The summed E-state index contributed by atoms with van der Waals surface area (Å²) in [5.41, 5.74) is 5.33. The maximum Gasteiger partial charge on any atom is 0.251 e. The molecule has 4 aromatic rings. The molecule has 140 valence electrons. The Morgan fingerprint density at radius 1 is 1.18 bits per heavy atom. The number of nitrogens with zero attached hydrogens (tertiary/aromatic N) is 3. The Labute approximate surface area is 156 Å². The van der Waals surface area contributed by atoms with Crippen LogP contribution in [-0.4, -0.2) is 31.4 Å². The molecular weight excluding hydrogens is 368 g/mol. The van der Waals surface area contributed by atoms with E-state index in [-0.39, 0.29) is 5.56 Å². The van der Waals surface area contributed by atoms with Crippen LogP contribution < -0.4 is 5.73 Å². The van der Waals surface area contributed by atoms with Gasteiger partial charge in [0.1, 0.15) is 17.3 Å². The number of fused-ring (bicyclic) bond motifs is 1. The maximum absolute atomic E-state index is 14.6. The number of hydrogen-bond acceptors (Lipinski definition) is 4. The highest BCUT2D eigenvalue weighted by Crippen LogP contribution is 2.27. The first-order valence-corrected chi connectivity index (χ1v) is 8.16. The number of ketones is 1. The summed E-state index contributed by atoms with van der Waals surface area (Å²) in [5, 5.41) is 4.65. The molecule has 1 amide bonds. The Hall–Kier alpha value is -3.88. The zero-order chi connectivity index (χ0) is 20.0. The molecule has 28 heavy (non-hydrogen) atoms. The zero-order valence-corrected chi connectivity index (χ0v) is 14.5. The first kappa shape index (κ1) is 17.5. The number of carbonyl (C=O) groups is 2. The van der Waals surface area contributed by atoms with Crippen molar-refractivity contribution in [2.45, 2.75) is 0 Å². The first-order chi connectivity index (χ1) is 13.4. The highest BCUT2D eigenvalue weighted by Gasteiger charge is 2.26. The van der Waals surface area contributed by atoms with Crippen LogP contribution in [0.1, 0.15) is 26.3 Å². The normalized spacial score (nSPS) is 11.1. The predicted octanol–water partition coefficient (Wildman–Crippen LogP) is 2.57. The second-order valence-electron chi connectivity index (χ2n) is 6.17. The summed E-state index contributed by atoms with van der Waals surface area (Å²) in [4.78, 5) is 31.3. The van der Waals surface area contributed by atoms with Gasteiger partial charge in [-0.05, 0) is 24.3 Å². The number of H-pyrrole nitrogens is 1.